The molecule has 0 spiro atoms. The number of carbonyl (C=O) groups excluding carboxylic acids is 2. The monoisotopic (exact) mass is 321 g/mol. The highest BCUT2D eigenvalue weighted by Gasteiger charge is 2.46. The summed E-state index contributed by atoms with van der Waals surface area (Å²) in [5.41, 5.74) is -0.444. The standard InChI is InChI=1S/C15H19N3O5/c1-5-15(2)13(20)18(14(21)17-15)16-8-9-6-10(22-3)12(19)11(7-9)23-4/h6-8,19H,5H2,1-4H3,(H,17,21)/b16-8+/t15-/m0/s1. The van der Waals surface area contributed by atoms with Crippen LogP contribution < -0.4 is 14.8 Å². The van der Waals surface area contributed by atoms with Crippen molar-refractivity contribution in [1.29, 1.82) is 0 Å². The number of phenols is 1. The fraction of sp³-hybridized carbons (Fsp3) is 0.400. The van der Waals surface area contributed by atoms with Gasteiger partial charge in [-0.15, -0.1) is 5.01 Å². The van der Waals surface area contributed by atoms with Gasteiger partial charge in [0.15, 0.2) is 11.5 Å². The number of benzene rings is 1. The van der Waals surface area contributed by atoms with E-state index in [0.717, 1.165) is 5.01 Å². The van der Waals surface area contributed by atoms with Gasteiger partial charge < -0.3 is 19.9 Å². The van der Waals surface area contributed by atoms with Crippen LogP contribution in [0, 0.1) is 0 Å². The Morgan fingerprint density at radius 1 is 1.30 bits per heavy atom. The van der Waals surface area contributed by atoms with Crippen LogP contribution in [0.15, 0.2) is 17.2 Å². The maximum atomic E-state index is 12.2. The van der Waals surface area contributed by atoms with E-state index in [9.17, 15) is 14.7 Å². The summed E-state index contributed by atoms with van der Waals surface area (Å²) in [5, 5.41) is 17.2. The van der Waals surface area contributed by atoms with Crippen LogP contribution in [0.5, 0.6) is 17.2 Å². The summed E-state index contributed by atoms with van der Waals surface area (Å²) >= 11 is 0. The lowest BCUT2D eigenvalue weighted by atomic mass is 10.00. The number of amides is 3. The fourth-order valence-electron chi connectivity index (χ4n) is 2.13. The third-order valence-corrected chi connectivity index (χ3v) is 3.77. The van der Waals surface area contributed by atoms with Gasteiger partial charge in [-0.3, -0.25) is 4.79 Å². The van der Waals surface area contributed by atoms with Gasteiger partial charge in [-0.05, 0) is 25.5 Å². The number of hydrogen-bond acceptors (Lipinski definition) is 6. The lowest BCUT2D eigenvalue weighted by Crippen LogP contribution is -2.42. The Morgan fingerprint density at radius 3 is 2.30 bits per heavy atom. The predicted octanol–water partition coefficient (Wildman–Crippen LogP) is 1.46. The molecule has 8 heteroatoms. The smallest absolute Gasteiger partial charge is 0.346 e. The summed E-state index contributed by atoms with van der Waals surface area (Å²) in [7, 11) is 2.80. The molecule has 2 N–H and O–H groups in total. The maximum absolute atomic E-state index is 12.2. The molecule has 124 valence electrons. The van der Waals surface area contributed by atoms with Gasteiger partial charge in [0, 0.05) is 5.56 Å². The SMILES string of the molecule is CC[C@]1(C)NC(=O)N(/N=C/c2cc(OC)c(O)c(OC)c2)C1=O. The predicted molar refractivity (Wildman–Crippen MR) is 82.9 cm³/mol. The van der Waals surface area contributed by atoms with Gasteiger partial charge in [0.25, 0.3) is 5.91 Å². The van der Waals surface area contributed by atoms with E-state index in [1.54, 1.807) is 13.8 Å². The molecule has 1 fully saturated rings. The first-order valence-corrected chi connectivity index (χ1v) is 7.02. The first-order valence-electron chi connectivity index (χ1n) is 7.02. The summed E-state index contributed by atoms with van der Waals surface area (Å²) in [5.74, 6) is -0.164. The minimum absolute atomic E-state index is 0.138. The van der Waals surface area contributed by atoms with Gasteiger partial charge in [-0.2, -0.15) is 5.10 Å². The summed E-state index contributed by atoms with van der Waals surface area (Å²) in [6.45, 7) is 3.45. The summed E-state index contributed by atoms with van der Waals surface area (Å²) < 4.78 is 10.1. The molecule has 1 aromatic rings. The Labute approximate surface area is 133 Å². The first kappa shape index (κ1) is 16.6. The Hall–Kier alpha value is -2.77. The van der Waals surface area contributed by atoms with E-state index in [0.29, 0.717) is 12.0 Å². The van der Waals surface area contributed by atoms with Gasteiger partial charge in [-0.1, -0.05) is 6.92 Å². The molecule has 0 bridgehead atoms. The number of phenolic OH excluding ortho intramolecular Hbond substituents is 1. The highest BCUT2D eigenvalue weighted by atomic mass is 16.5. The van der Waals surface area contributed by atoms with Crippen molar-refractivity contribution in [3.05, 3.63) is 17.7 Å². The van der Waals surface area contributed by atoms with Crippen LogP contribution in [-0.2, 0) is 4.79 Å². The Morgan fingerprint density at radius 2 is 1.87 bits per heavy atom. The summed E-state index contributed by atoms with van der Waals surface area (Å²) in [6.07, 6.45) is 1.79. The third kappa shape index (κ3) is 2.92. The number of rotatable bonds is 5. The number of methoxy groups -OCH3 is 2. The van der Waals surface area contributed by atoms with Crippen molar-refractivity contribution in [3.63, 3.8) is 0 Å². The number of nitrogens with zero attached hydrogens (tertiary/aromatic N) is 2. The Balaban J connectivity index is 2.30. The number of aromatic hydroxyl groups is 1. The van der Waals surface area contributed by atoms with Crippen LogP contribution in [0.25, 0.3) is 0 Å². The molecule has 0 unspecified atom stereocenters. The number of ether oxygens (including phenoxy) is 2. The highest BCUT2D eigenvalue weighted by molar-refractivity contribution is 6.07. The van der Waals surface area contributed by atoms with Crippen molar-refractivity contribution in [2.45, 2.75) is 25.8 Å². The molecule has 1 atom stereocenters. The quantitative estimate of drug-likeness (QED) is 0.632. The van der Waals surface area contributed by atoms with E-state index >= 15 is 0 Å². The number of hydrogen-bond donors (Lipinski definition) is 2. The van der Waals surface area contributed by atoms with E-state index in [2.05, 4.69) is 10.4 Å². The van der Waals surface area contributed by atoms with E-state index in [4.69, 9.17) is 9.47 Å². The number of urea groups is 1. The number of imide groups is 1. The zero-order valence-electron chi connectivity index (χ0n) is 13.4. The van der Waals surface area contributed by atoms with E-state index in [1.807, 2.05) is 0 Å². The van der Waals surface area contributed by atoms with E-state index < -0.39 is 17.5 Å². The average Bonchev–Trinajstić information content (AvgIpc) is 2.76. The normalized spacial score (nSPS) is 21.0. The Bertz CT molecular complexity index is 648. The fourth-order valence-corrected chi connectivity index (χ4v) is 2.13. The van der Waals surface area contributed by atoms with Crippen molar-refractivity contribution >= 4 is 18.2 Å². The molecule has 3 amide bonds. The molecule has 2 rings (SSSR count). The number of nitrogens with one attached hydrogen (secondary N) is 1. The molecule has 23 heavy (non-hydrogen) atoms. The molecule has 8 nitrogen and oxygen atoms in total. The van der Waals surface area contributed by atoms with Crippen molar-refractivity contribution in [2.24, 2.45) is 5.10 Å². The topological polar surface area (TPSA) is 100 Å². The van der Waals surface area contributed by atoms with Gasteiger partial charge in [0.2, 0.25) is 5.75 Å². The lowest BCUT2D eigenvalue weighted by molar-refractivity contribution is -0.130. The molecule has 1 saturated heterocycles. The van der Waals surface area contributed by atoms with Gasteiger partial charge >= 0.3 is 6.03 Å². The number of hydrazone groups is 1. The second kappa shape index (κ2) is 6.15. The van der Waals surface area contributed by atoms with E-state index in [1.165, 1.54) is 32.6 Å². The van der Waals surface area contributed by atoms with Crippen LogP contribution in [0.3, 0.4) is 0 Å². The molecular formula is C15H19N3O5. The molecule has 1 aromatic carbocycles. The van der Waals surface area contributed by atoms with Crippen LogP contribution >= 0.6 is 0 Å². The van der Waals surface area contributed by atoms with Crippen molar-refractivity contribution in [1.82, 2.24) is 10.3 Å². The summed E-state index contributed by atoms with van der Waals surface area (Å²) in [4.78, 5) is 24.1. The average molecular weight is 321 g/mol. The lowest BCUT2D eigenvalue weighted by Gasteiger charge is -2.17. The molecule has 0 aromatic heterocycles. The molecular weight excluding hydrogens is 302 g/mol. The molecule has 0 saturated carbocycles. The second-order valence-corrected chi connectivity index (χ2v) is 5.25. The minimum atomic E-state index is -0.946. The van der Waals surface area contributed by atoms with Crippen molar-refractivity contribution in [2.75, 3.05) is 14.2 Å². The molecule has 0 aliphatic carbocycles. The van der Waals surface area contributed by atoms with E-state index in [-0.39, 0.29) is 17.2 Å². The zero-order chi connectivity index (χ0) is 17.2. The maximum Gasteiger partial charge on any atom is 0.346 e. The second-order valence-electron chi connectivity index (χ2n) is 5.25. The van der Waals surface area contributed by atoms with Crippen LogP contribution in [0.1, 0.15) is 25.8 Å². The molecule has 0 radical (unpaired) electrons. The van der Waals surface area contributed by atoms with Crippen LogP contribution in [0.4, 0.5) is 4.79 Å². The molecule has 1 heterocycles. The van der Waals surface area contributed by atoms with Gasteiger partial charge in [0.05, 0.1) is 20.4 Å². The van der Waals surface area contributed by atoms with Crippen LogP contribution in [0.2, 0.25) is 0 Å². The van der Waals surface area contributed by atoms with Crippen LogP contribution in [-0.4, -0.2) is 48.0 Å². The highest BCUT2D eigenvalue weighted by Crippen LogP contribution is 2.36. The van der Waals surface area contributed by atoms with Gasteiger partial charge in [-0.25, -0.2) is 4.79 Å². The molecule has 1 aliphatic heterocycles. The molecule has 1 aliphatic rings. The number of carbonyl (C=O) groups is 2. The summed E-state index contributed by atoms with van der Waals surface area (Å²) in [6, 6.07) is 2.45. The largest absolute Gasteiger partial charge is 0.502 e. The first-order chi connectivity index (χ1) is 10.9. The van der Waals surface area contributed by atoms with Crippen molar-refractivity contribution < 1.29 is 24.2 Å². The van der Waals surface area contributed by atoms with Gasteiger partial charge in [0.1, 0.15) is 5.54 Å². The minimum Gasteiger partial charge on any atom is -0.502 e. The van der Waals surface area contributed by atoms with Crippen molar-refractivity contribution in [3.8, 4) is 17.2 Å². The Kier molecular flexibility index (Phi) is 4.44. The third-order valence-electron chi connectivity index (χ3n) is 3.77. The zero-order valence-corrected chi connectivity index (χ0v) is 13.4.